The average Bonchev–Trinajstić information content (AvgIpc) is 2.77. The molecule has 0 spiro atoms. The second-order valence-electron chi connectivity index (χ2n) is 6.54. The highest BCUT2D eigenvalue weighted by molar-refractivity contribution is 9.10. The van der Waals surface area contributed by atoms with E-state index in [1.807, 2.05) is 0 Å². The topological polar surface area (TPSA) is 90.7 Å². The quantitative estimate of drug-likeness (QED) is 0.242. The van der Waals surface area contributed by atoms with Gasteiger partial charge in [0.05, 0.1) is 16.5 Å². The van der Waals surface area contributed by atoms with Crippen molar-refractivity contribution in [3.63, 3.8) is 0 Å². The number of benzene rings is 3. The number of hydrogen-bond acceptors (Lipinski definition) is 5. The molecule has 0 radical (unpaired) electrons. The zero-order valence-corrected chi connectivity index (χ0v) is 18.5. The first kappa shape index (κ1) is 23.0. The summed E-state index contributed by atoms with van der Waals surface area (Å²) < 4.78 is 25.5. The largest absolute Gasteiger partial charge is 0.493 e. The highest BCUT2D eigenvalue weighted by Crippen LogP contribution is 2.37. The van der Waals surface area contributed by atoms with E-state index in [9.17, 15) is 19.3 Å². The predicted octanol–water partition coefficient (Wildman–Crippen LogP) is 5.74. The molecule has 0 fully saturated rings. The lowest BCUT2D eigenvalue weighted by Gasteiger charge is -2.14. The number of ether oxygens (including phenoxy) is 2. The van der Waals surface area contributed by atoms with Gasteiger partial charge in [0, 0.05) is 29.5 Å². The van der Waals surface area contributed by atoms with E-state index >= 15 is 0 Å². The zero-order valence-electron chi connectivity index (χ0n) is 16.9. The highest BCUT2D eigenvalue weighted by atomic mass is 79.9. The molecule has 0 heterocycles. The van der Waals surface area contributed by atoms with Crippen molar-refractivity contribution in [1.29, 1.82) is 0 Å². The molecule has 9 heteroatoms. The number of nitrogens with zero attached hydrogens (tertiary/aromatic N) is 1. The van der Waals surface area contributed by atoms with Crippen molar-refractivity contribution < 1.29 is 23.6 Å². The van der Waals surface area contributed by atoms with E-state index in [2.05, 4.69) is 21.2 Å². The summed E-state index contributed by atoms with van der Waals surface area (Å²) in [6, 6.07) is 15.4. The van der Waals surface area contributed by atoms with Crippen molar-refractivity contribution in [2.24, 2.45) is 0 Å². The van der Waals surface area contributed by atoms with Crippen LogP contribution in [0.5, 0.6) is 11.5 Å². The second-order valence-corrected chi connectivity index (χ2v) is 7.40. The Morgan fingerprint density at radius 1 is 1.19 bits per heavy atom. The molecular weight excluding hydrogens is 483 g/mol. The van der Waals surface area contributed by atoms with Crippen LogP contribution in [0.4, 0.5) is 15.8 Å². The monoisotopic (exact) mass is 500 g/mol. The summed E-state index contributed by atoms with van der Waals surface area (Å²) in [6.45, 7) is 0.0163. The zero-order chi connectivity index (χ0) is 23.1. The molecule has 7 nitrogen and oxygen atoms in total. The van der Waals surface area contributed by atoms with Crippen LogP contribution in [0.3, 0.4) is 0 Å². The second kappa shape index (κ2) is 10.5. The Kier molecular flexibility index (Phi) is 7.56. The first-order valence-electron chi connectivity index (χ1n) is 9.34. The molecule has 1 N–H and O–H groups in total. The Labute approximate surface area is 191 Å². The number of rotatable bonds is 8. The Hall–Kier alpha value is -3.72. The normalized spacial score (nSPS) is 10.7. The Morgan fingerprint density at radius 3 is 2.69 bits per heavy atom. The molecule has 0 bridgehead atoms. The summed E-state index contributed by atoms with van der Waals surface area (Å²) in [6.07, 6.45) is 2.85. The average molecular weight is 501 g/mol. The maximum atomic E-state index is 13.8. The van der Waals surface area contributed by atoms with Gasteiger partial charge in [-0.25, -0.2) is 4.39 Å². The number of amides is 1. The Bertz CT molecular complexity index is 1180. The van der Waals surface area contributed by atoms with Gasteiger partial charge < -0.3 is 14.8 Å². The molecular formula is C23H18BrFN2O5. The van der Waals surface area contributed by atoms with Crippen LogP contribution in [0, 0.1) is 15.9 Å². The lowest BCUT2D eigenvalue weighted by molar-refractivity contribution is -0.384. The van der Waals surface area contributed by atoms with Gasteiger partial charge in [0.25, 0.3) is 5.69 Å². The van der Waals surface area contributed by atoms with Crippen LogP contribution in [0.1, 0.15) is 11.1 Å². The third-order valence-electron chi connectivity index (χ3n) is 4.33. The van der Waals surface area contributed by atoms with Crippen LogP contribution in [-0.2, 0) is 11.4 Å². The van der Waals surface area contributed by atoms with E-state index in [0.717, 1.165) is 0 Å². The van der Waals surface area contributed by atoms with Gasteiger partial charge in [-0.15, -0.1) is 0 Å². The lowest BCUT2D eigenvalue weighted by atomic mass is 10.1. The number of carbonyl (C=O) groups excluding carboxylic acids is 1. The first-order chi connectivity index (χ1) is 15.4. The van der Waals surface area contributed by atoms with Crippen LogP contribution >= 0.6 is 15.9 Å². The summed E-state index contributed by atoms with van der Waals surface area (Å²) in [7, 11) is 1.47. The van der Waals surface area contributed by atoms with Gasteiger partial charge in [-0.2, -0.15) is 0 Å². The molecule has 32 heavy (non-hydrogen) atoms. The van der Waals surface area contributed by atoms with Gasteiger partial charge in [0.15, 0.2) is 11.5 Å². The molecule has 0 aliphatic heterocycles. The van der Waals surface area contributed by atoms with E-state index in [1.165, 1.54) is 37.5 Å². The maximum Gasteiger partial charge on any atom is 0.271 e. The standard InChI is InChI=1S/C23H18BrFN2O5/c1-31-21-12-15(9-10-22(28)26-17-6-4-7-18(13-17)27(29)30)11-19(24)23(21)32-14-16-5-2-3-8-20(16)25/h2-13H,14H2,1H3,(H,26,28)/b10-9+. The molecule has 164 valence electrons. The number of anilines is 1. The number of non-ortho nitro benzene ring substituents is 1. The van der Waals surface area contributed by atoms with Crippen molar-refractivity contribution >= 4 is 39.3 Å². The van der Waals surface area contributed by atoms with Crippen LogP contribution in [0.25, 0.3) is 6.08 Å². The molecule has 0 aromatic heterocycles. The van der Waals surface area contributed by atoms with Crippen LogP contribution in [0.15, 0.2) is 71.2 Å². The van der Waals surface area contributed by atoms with E-state index in [-0.39, 0.29) is 18.1 Å². The summed E-state index contributed by atoms with van der Waals surface area (Å²) >= 11 is 3.42. The fraction of sp³-hybridized carbons (Fsp3) is 0.0870. The SMILES string of the molecule is COc1cc(/C=C/C(=O)Nc2cccc([N+](=O)[O-])c2)cc(Br)c1OCc1ccccc1F. The third-order valence-corrected chi connectivity index (χ3v) is 4.92. The van der Waals surface area contributed by atoms with E-state index in [1.54, 1.807) is 42.5 Å². The van der Waals surface area contributed by atoms with Gasteiger partial charge >= 0.3 is 0 Å². The van der Waals surface area contributed by atoms with Gasteiger partial charge in [-0.3, -0.25) is 14.9 Å². The number of halogens is 2. The number of nitro groups is 1. The number of carbonyl (C=O) groups is 1. The fourth-order valence-corrected chi connectivity index (χ4v) is 3.37. The molecule has 0 aliphatic rings. The van der Waals surface area contributed by atoms with Crippen molar-refractivity contribution in [2.45, 2.75) is 6.61 Å². The summed E-state index contributed by atoms with van der Waals surface area (Å²) in [4.78, 5) is 22.5. The smallest absolute Gasteiger partial charge is 0.271 e. The van der Waals surface area contributed by atoms with Gasteiger partial charge in [0.1, 0.15) is 12.4 Å². The molecule has 0 atom stereocenters. The molecule has 0 unspecified atom stereocenters. The first-order valence-corrected chi connectivity index (χ1v) is 10.1. The summed E-state index contributed by atoms with van der Waals surface area (Å²) in [5.74, 6) is -0.0271. The van der Waals surface area contributed by atoms with Crippen molar-refractivity contribution in [3.05, 3.63) is 98.3 Å². The number of nitro benzene ring substituents is 1. The summed E-state index contributed by atoms with van der Waals surface area (Å²) in [5, 5.41) is 13.4. The molecule has 1 amide bonds. The van der Waals surface area contributed by atoms with E-state index in [0.29, 0.717) is 32.8 Å². The van der Waals surface area contributed by atoms with E-state index in [4.69, 9.17) is 9.47 Å². The number of hydrogen-bond donors (Lipinski definition) is 1. The van der Waals surface area contributed by atoms with Crippen LogP contribution in [-0.4, -0.2) is 17.9 Å². The van der Waals surface area contributed by atoms with Crippen LogP contribution in [0.2, 0.25) is 0 Å². The van der Waals surface area contributed by atoms with Gasteiger partial charge in [-0.05, 0) is 51.8 Å². The van der Waals surface area contributed by atoms with Crippen LogP contribution < -0.4 is 14.8 Å². The minimum absolute atomic E-state index is 0.0163. The predicted molar refractivity (Wildman–Crippen MR) is 122 cm³/mol. The molecule has 0 saturated heterocycles. The molecule has 3 aromatic carbocycles. The van der Waals surface area contributed by atoms with Crippen molar-refractivity contribution in [2.75, 3.05) is 12.4 Å². The van der Waals surface area contributed by atoms with E-state index < -0.39 is 10.8 Å². The van der Waals surface area contributed by atoms with Gasteiger partial charge in [0.2, 0.25) is 5.91 Å². The summed E-state index contributed by atoms with van der Waals surface area (Å²) in [5.41, 5.74) is 1.24. The molecule has 0 aliphatic carbocycles. The Morgan fingerprint density at radius 2 is 1.97 bits per heavy atom. The highest BCUT2D eigenvalue weighted by Gasteiger charge is 2.13. The van der Waals surface area contributed by atoms with Crippen molar-refractivity contribution in [3.8, 4) is 11.5 Å². The third kappa shape index (κ3) is 5.92. The number of methoxy groups -OCH3 is 1. The lowest BCUT2D eigenvalue weighted by Crippen LogP contribution is -2.07. The molecule has 3 aromatic rings. The molecule has 0 saturated carbocycles. The minimum atomic E-state index is -0.537. The maximum absolute atomic E-state index is 13.8. The minimum Gasteiger partial charge on any atom is -0.493 e. The fourth-order valence-electron chi connectivity index (χ4n) is 2.79. The molecule has 3 rings (SSSR count). The Balaban J connectivity index is 1.71. The van der Waals surface area contributed by atoms with Crippen molar-refractivity contribution in [1.82, 2.24) is 0 Å². The van der Waals surface area contributed by atoms with Gasteiger partial charge in [-0.1, -0.05) is 24.3 Å². The number of nitrogens with one attached hydrogen (secondary N) is 1.